The highest BCUT2D eigenvalue weighted by Crippen LogP contribution is 2.28. The molecule has 0 unspecified atom stereocenters. The molecule has 8 nitrogen and oxygen atoms in total. The number of hydrogen-bond donors (Lipinski definition) is 0. The second-order valence-corrected chi connectivity index (χ2v) is 10.2. The largest absolute Gasteiger partial charge is 0.485 e. The molecular weight excluding hydrogens is 484 g/mol. The van der Waals surface area contributed by atoms with Gasteiger partial charge in [-0.05, 0) is 38.5 Å². The molecular formula is C27H33F2N3O5. The van der Waals surface area contributed by atoms with Gasteiger partial charge in [-0.25, -0.2) is 18.4 Å². The average molecular weight is 518 g/mol. The lowest BCUT2D eigenvalue weighted by Crippen LogP contribution is -2.49. The molecule has 2 aromatic rings. The maximum absolute atomic E-state index is 15.0. The first-order valence-electron chi connectivity index (χ1n) is 12.4. The van der Waals surface area contributed by atoms with E-state index in [1.165, 1.54) is 11.0 Å². The molecule has 0 bridgehead atoms. The summed E-state index contributed by atoms with van der Waals surface area (Å²) in [6.45, 7) is 6.98. The fraction of sp³-hybridized carbons (Fsp3) is 0.481. The average Bonchev–Trinajstić information content (AvgIpc) is 3.22. The summed E-state index contributed by atoms with van der Waals surface area (Å²) in [6.07, 6.45) is -3.33. The predicted molar refractivity (Wildman–Crippen MR) is 134 cm³/mol. The fourth-order valence-corrected chi connectivity index (χ4v) is 4.25. The number of piperazine rings is 1. The number of benzene rings is 2. The van der Waals surface area contributed by atoms with Gasteiger partial charge in [-0.2, -0.15) is 0 Å². The van der Waals surface area contributed by atoms with Gasteiger partial charge >= 0.3 is 12.2 Å². The Balaban J connectivity index is 1.27. The molecule has 2 amide bonds. The summed E-state index contributed by atoms with van der Waals surface area (Å²) >= 11 is 0. The number of carbonyl (C=O) groups is 2. The van der Waals surface area contributed by atoms with Crippen LogP contribution in [0.15, 0.2) is 48.5 Å². The molecule has 0 saturated carbocycles. The van der Waals surface area contributed by atoms with Gasteiger partial charge in [-0.15, -0.1) is 0 Å². The van der Waals surface area contributed by atoms with E-state index in [2.05, 4.69) is 0 Å². The molecule has 0 aromatic heterocycles. The van der Waals surface area contributed by atoms with E-state index in [0.717, 1.165) is 5.56 Å². The molecule has 2 atom stereocenters. The number of amides is 2. The topological polar surface area (TPSA) is 71.5 Å². The van der Waals surface area contributed by atoms with E-state index in [1.54, 1.807) is 37.8 Å². The molecule has 0 N–H and O–H groups in total. The molecule has 2 fully saturated rings. The molecule has 2 heterocycles. The zero-order chi connectivity index (χ0) is 26.6. The van der Waals surface area contributed by atoms with Gasteiger partial charge in [0.2, 0.25) is 0 Å². The first kappa shape index (κ1) is 26.5. The minimum Gasteiger partial charge on any atom is -0.485 e. The number of hydrogen-bond acceptors (Lipinski definition) is 6. The summed E-state index contributed by atoms with van der Waals surface area (Å²) in [5.41, 5.74) is 0.603. The fourth-order valence-electron chi connectivity index (χ4n) is 4.25. The lowest BCUT2D eigenvalue weighted by Gasteiger charge is -2.35. The van der Waals surface area contributed by atoms with Crippen LogP contribution in [0.4, 0.5) is 24.1 Å². The number of halogens is 2. The van der Waals surface area contributed by atoms with E-state index in [0.29, 0.717) is 31.9 Å². The third-order valence-electron chi connectivity index (χ3n) is 6.14. The van der Waals surface area contributed by atoms with Crippen LogP contribution in [0.3, 0.4) is 0 Å². The molecule has 2 aliphatic rings. The second kappa shape index (κ2) is 11.2. The van der Waals surface area contributed by atoms with Crippen LogP contribution in [0.2, 0.25) is 0 Å². The van der Waals surface area contributed by atoms with Gasteiger partial charge < -0.3 is 28.9 Å². The third-order valence-corrected chi connectivity index (χ3v) is 6.14. The third kappa shape index (κ3) is 7.02. The quantitative estimate of drug-likeness (QED) is 0.577. The van der Waals surface area contributed by atoms with E-state index in [9.17, 15) is 18.4 Å². The number of carbonyl (C=O) groups excluding carboxylic acids is 2. The van der Waals surface area contributed by atoms with Crippen molar-refractivity contribution in [2.45, 2.75) is 45.3 Å². The molecule has 0 aliphatic carbocycles. The molecule has 200 valence electrons. The van der Waals surface area contributed by atoms with Crippen molar-refractivity contribution < 1.29 is 32.6 Å². The van der Waals surface area contributed by atoms with E-state index >= 15 is 0 Å². The van der Waals surface area contributed by atoms with Crippen molar-refractivity contribution in [1.82, 2.24) is 9.80 Å². The summed E-state index contributed by atoms with van der Waals surface area (Å²) in [5.74, 6) is -0.321. The summed E-state index contributed by atoms with van der Waals surface area (Å²) in [5, 5.41) is 0. The normalized spacial score (nSPS) is 20.1. The Morgan fingerprint density at radius 2 is 1.65 bits per heavy atom. The Kier molecular flexibility index (Phi) is 8.04. The maximum atomic E-state index is 15.0. The van der Waals surface area contributed by atoms with Gasteiger partial charge in [-0.1, -0.05) is 30.3 Å². The monoisotopic (exact) mass is 517 g/mol. The highest BCUT2D eigenvalue weighted by atomic mass is 19.1. The first-order chi connectivity index (χ1) is 17.6. The molecule has 10 heteroatoms. The Labute approximate surface area is 215 Å². The summed E-state index contributed by atoms with van der Waals surface area (Å²) < 4.78 is 45.8. The molecule has 0 radical (unpaired) electrons. The Hall–Kier alpha value is -3.56. The van der Waals surface area contributed by atoms with Crippen molar-refractivity contribution in [2.24, 2.45) is 0 Å². The highest BCUT2D eigenvalue weighted by molar-refractivity contribution is 5.69. The van der Waals surface area contributed by atoms with Crippen LogP contribution in [-0.4, -0.2) is 79.1 Å². The minimum absolute atomic E-state index is 0.0157. The SMILES string of the molecule is CC(C)(C)OC(=O)N1C[C@H](Oc2ccc(N3CCN(C(=O)OCc4ccccc4)CC3)c(F)c2)[C@@H](F)C1. The Morgan fingerprint density at radius 3 is 2.30 bits per heavy atom. The number of nitrogens with zero attached hydrogens (tertiary/aromatic N) is 3. The van der Waals surface area contributed by atoms with Gasteiger partial charge in [-0.3, -0.25) is 0 Å². The summed E-state index contributed by atoms with van der Waals surface area (Å²) in [6, 6.07) is 13.8. The zero-order valence-electron chi connectivity index (χ0n) is 21.4. The van der Waals surface area contributed by atoms with Crippen molar-refractivity contribution in [3.63, 3.8) is 0 Å². The van der Waals surface area contributed by atoms with Gasteiger partial charge in [0.25, 0.3) is 0 Å². The Morgan fingerprint density at radius 1 is 0.946 bits per heavy atom. The van der Waals surface area contributed by atoms with E-state index in [4.69, 9.17) is 14.2 Å². The van der Waals surface area contributed by atoms with Gasteiger partial charge in [0.05, 0.1) is 18.8 Å². The molecule has 0 spiro atoms. The predicted octanol–water partition coefficient (Wildman–Crippen LogP) is 4.62. The van der Waals surface area contributed by atoms with Crippen LogP contribution >= 0.6 is 0 Å². The van der Waals surface area contributed by atoms with Crippen LogP contribution in [0.5, 0.6) is 5.75 Å². The van der Waals surface area contributed by atoms with Crippen molar-refractivity contribution in [3.05, 3.63) is 59.9 Å². The van der Waals surface area contributed by atoms with E-state index < -0.39 is 35.9 Å². The van der Waals surface area contributed by atoms with Crippen LogP contribution in [0.25, 0.3) is 0 Å². The number of anilines is 1. The van der Waals surface area contributed by atoms with Crippen LogP contribution in [0, 0.1) is 5.82 Å². The zero-order valence-corrected chi connectivity index (χ0v) is 21.4. The standard InChI is InChI=1S/C27H33F2N3O5/c1-27(2,3)37-26(34)32-16-22(29)24(17-32)36-20-9-10-23(21(28)15-20)30-11-13-31(14-12-30)25(33)35-18-19-7-5-4-6-8-19/h4-10,15,22,24H,11-14,16-18H2,1-3H3/t22-,24-/m0/s1. The molecule has 2 aromatic carbocycles. The van der Waals surface area contributed by atoms with Crippen LogP contribution < -0.4 is 9.64 Å². The van der Waals surface area contributed by atoms with Crippen molar-refractivity contribution in [2.75, 3.05) is 44.2 Å². The van der Waals surface area contributed by atoms with Crippen LogP contribution in [-0.2, 0) is 16.1 Å². The minimum atomic E-state index is -1.41. The van der Waals surface area contributed by atoms with E-state index in [1.807, 2.05) is 35.2 Å². The number of ether oxygens (including phenoxy) is 3. The van der Waals surface area contributed by atoms with Crippen molar-refractivity contribution in [3.8, 4) is 5.75 Å². The van der Waals surface area contributed by atoms with Crippen molar-refractivity contribution >= 4 is 17.9 Å². The first-order valence-corrected chi connectivity index (χ1v) is 12.4. The summed E-state index contributed by atoms with van der Waals surface area (Å²) in [7, 11) is 0. The van der Waals surface area contributed by atoms with Gasteiger partial charge in [0.1, 0.15) is 29.9 Å². The number of alkyl halides is 1. The second-order valence-electron chi connectivity index (χ2n) is 10.2. The lowest BCUT2D eigenvalue weighted by atomic mass is 10.2. The smallest absolute Gasteiger partial charge is 0.410 e. The number of rotatable bonds is 5. The molecule has 37 heavy (non-hydrogen) atoms. The summed E-state index contributed by atoms with van der Waals surface area (Å²) in [4.78, 5) is 29.3. The highest BCUT2D eigenvalue weighted by Gasteiger charge is 2.39. The van der Waals surface area contributed by atoms with E-state index in [-0.39, 0.29) is 25.4 Å². The number of likely N-dealkylation sites (tertiary alicyclic amines) is 1. The maximum Gasteiger partial charge on any atom is 0.410 e. The molecule has 2 saturated heterocycles. The van der Waals surface area contributed by atoms with Gasteiger partial charge in [0.15, 0.2) is 6.17 Å². The lowest BCUT2D eigenvalue weighted by molar-refractivity contribution is 0.0273. The Bertz CT molecular complexity index is 1090. The van der Waals surface area contributed by atoms with Crippen LogP contribution in [0.1, 0.15) is 26.3 Å². The molecule has 2 aliphatic heterocycles. The van der Waals surface area contributed by atoms with Gasteiger partial charge in [0, 0.05) is 32.2 Å². The molecule has 4 rings (SSSR count). The van der Waals surface area contributed by atoms with Crippen molar-refractivity contribution in [1.29, 1.82) is 0 Å².